The monoisotopic (exact) mass is 410 g/mol. The van der Waals surface area contributed by atoms with Gasteiger partial charge in [-0.1, -0.05) is 11.8 Å². The van der Waals surface area contributed by atoms with Crippen LogP contribution in [0.2, 0.25) is 0 Å². The fourth-order valence-corrected chi connectivity index (χ4v) is 4.26. The average Bonchev–Trinajstić information content (AvgIpc) is 2.57. The van der Waals surface area contributed by atoms with Gasteiger partial charge in [-0.05, 0) is 45.0 Å². The molecule has 0 bridgehead atoms. The number of hydrogen-bond donors (Lipinski definition) is 3. The summed E-state index contributed by atoms with van der Waals surface area (Å²) in [6.07, 6.45) is 0. The fraction of sp³-hybridized carbons (Fsp3) is 0.444. The smallest absolute Gasteiger partial charge is 0.324 e. The molecule has 1 heterocycles. The van der Waals surface area contributed by atoms with E-state index in [4.69, 9.17) is 4.74 Å². The topological polar surface area (TPSA) is 133 Å². The van der Waals surface area contributed by atoms with Crippen LogP contribution in [0, 0.1) is 11.8 Å². The first-order valence-corrected chi connectivity index (χ1v) is 9.85. The molecule has 0 radical (unpaired) electrons. The number of nitrogens with zero attached hydrogens (tertiary/aromatic N) is 1. The van der Waals surface area contributed by atoms with Gasteiger partial charge in [-0.15, -0.1) is 0 Å². The molecule has 3 N–H and O–H groups in total. The number of carbonyl (C=O) groups is 2. The number of carboxylic acids is 1. The SMILES string of the molecule is CC1NC(=O)CN(S(=O)(=O)c2ccc(OCC#CC(C)(C)O)cc2)C1C(=O)O. The Morgan fingerprint density at radius 2 is 1.96 bits per heavy atom. The zero-order valence-electron chi connectivity index (χ0n) is 15.7. The molecule has 2 atom stereocenters. The quantitative estimate of drug-likeness (QED) is 0.573. The van der Waals surface area contributed by atoms with E-state index < -0.39 is 46.1 Å². The number of amides is 1. The molecule has 1 fully saturated rings. The number of carboxylic acid groups (broad SMARTS) is 1. The standard InChI is InChI=1S/C18H22N2O7S/c1-12-16(17(22)23)20(11-15(21)19-12)28(25,26)14-7-5-13(6-8-14)27-10-4-9-18(2,3)24/h5-8,12,16,24H,10-11H2,1-3H3,(H,19,21)(H,22,23). The number of benzene rings is 1. The summed E-state index contributed by atoms with van der Waals surface area (Å²) in [6, 6.07) is 3.07. The summed E-state index contributed by atoms with van der Waals surface area (Å²) >= 11 is 0. The normalized spacial score (nSPS) is 20.6. The van der Waals surface area contributed by atoms with Crippen LogP contribution in [0.15, 0.2) is 29.2 Å². The lowest BCUT2D eigenvalue weighted by Crippen LogP contribution is -2.63. The Kier molecular flexibility index (Phi) is 6.34. The Bertz CT molecular complexity index is 908. The largest absolute Gasteiger partial charge is 0.481 e. The second-order valence-electron chi connectivity index (χ2n) is 6.81. The molecule has 0 aliphatic carbocycles. The molecule has 2 rings (SSSR count). The van der Waals surface area contributed by atoms with E-state index in [2.05, 4.69) is 17.2 Å². The minimum Gasteiger partial charge on any atom is -0.481 e. The highest BCUT2D eigenvalue weighted by molar-refractivity contribution is 7.89. The van der Waals surface area contributed by atoms with E-state index in [0.717, 1.165) is 0 Å². The molecule has 152 valence electrons. The van der Waals surface area contributed by atoms with Crippen molar-refractivity contribution in [1.82, 2.24) is 9.62 Å². The van der Waals surface area contributed by atoms with Crippen LogP contribution in [-0.4, -0.2) is 65.6 Å². The van der Waals surface area contributed by atoms with Gasteiger partial charge in [0, 0.05) is 0 Å². The highest BCUT2D eigenvalue weighted by Gasteiger charge is 2.44. The lowest BCUT2D eigenvalue weighted by atomic mass is 10.1. The second kappa shape index (κ2) is 8.18. The van der Waals surface area contributed by atoms with Gasteiger partial charge in [-0.2, -0.15) is 4.31 Å². The molecular formula is C18H22N2O7S. The maximum Gasteiger partial charge on any atom is 0.324 e. The number of nitrogens with one attached hydrogen (secondary N) is 1. The number of sulfonamides is 1. The first-order valence-electron chi connectivity index (χ1n) is 8.41. The van der Waals surface area contributed by atoms with E-state index in [1.165, 1.54) is 45.0 Å². The summed E-state index contributed by atoms with van der Waals surface area (Å²) in [6.45, 7) is 3.93. The summed E-state index contributed by atoms with van der Waals surface area (Å²) in [5.74, 6) is 3.65. The molecule has 2 unspecified atom stereocenters. The lowest BCUT2D eigenvalue weighted by molar-refractivity contribution is -0.144. The molecule has 9 nitrogen and oxygen atoms in total. The predicted octanol–water partition coefficient (Wildman–Crippen LogP) is -0.198. The van der Waals surface area contributed by atoms with Crippen LogP contribution in [-0.2, 0) is 19.6 Å². The summed E-state index contributed by atoms with van der Waals surface area (Å²) in [4.78, 5) is 23.1. The van der Waals surface area contributed by atoms with Crippen molar-refractivity contribution in [2.75, 3.05) is 13.2 Å². The number of carbonyl (C=O) groups excluding carboxylic acids is 1. The molecule has 10 heteroatoms. The Labute approximate surface area is 163 Å². The van der Waals surface area contributed by atoms with Crippen molar-refractivity contribution in [2.45, 2.75) is 43.4 Å². The number of rotatable bonds is 5. The van der Waals surface area contributed by atoms with Crippen LogP contribution in [0.4, 0.5) is 0 Å². The maximum atomic E-state index is 12.9. The fourth-order valence-electron chi connectivity index (χ4n) is 2.65. The first kappa shape index (κ1) is 21.7. The van der Waals surface area contributed by atoms with E-state index in [1.807, 2.05) is 0 Å². The molecular weight excluding hydrogens is 388 g/mol. The lowest BCUT2D eigenvalue weighted by Gasteiger charge is -2.36. The van der Waals surface area contributed by atoms with Crippen molar-refractivity contribution in [3.63, 3.8) is 0 Å². The van der Waals surface area contributed by atoms with Crippen LogP contribution in [0.5, 0.6) is 5.75 Å². The van der Waals surface area contributed by atoms with Gasteiger partial charge in [0.2, 0.25) is 15.9 Å². The van der Waals surface area contributed by atoms with Gasteiger partial charge >= 0.3 is 5.97 Å². The second-order valence-corrected chi connectivity index (χ2v) is 8.70. The number of aliphatic carboxylic acids is 1. The average molecular weight is 410 g/mol. The van der Waals surface area contributed by atoms with E-state index in [-0.39, 0.29) is 11.5 Å². The number of hydrogen-bond acceptors (Lipinski definition) is 6. The third kappa shape index (κ3) is 5.22. The third-order valence-corrected chi connectivity index (χ3v) is 5.70. The van der Waals surface area contributed by atoms with Crippen LogP contribution in [0.25, 0.3) is 0 Å². The van der Waals surface area contributed by atoms with Crippen molar-refractivity contribution >= 4 is 21.9 Å². The molecule has 1 saturated heterocycles. The Balaban J connectivity index is 2.19. The van der Waals surface area contributed by atoms with Gasteiger partial charge in [0.25, 0.3) is 0 Å². The summed E-state index contributed by atoms with van der Waals surface area (Å²) in [7, 11) is -4.21. The van der Waals surface area contributed by atoms with Gasteiger partial charge in [0.1, 0.15) is 24.0 Å². The first-order chi connectivity index (χ1) is 12.9. The van der Waals surface area contributed by atoms with Crippen molar-refractivity contribution in [3.8, 4) is 17.6 Å². The molecule has 1 amide bonds. The van der Waals surface area contributed by atoms with Crippen LogP contribution < -0.4 is 10.1 Å². The molecule has 1 aromatic carbocycles. The van der Waals surface area contributed by atoms with Gasteiger partial charge < -0.3 is 20.3 Å². The minimum atomic E-state index is -4.21. The highest BCUT2D eigenvalue weighted by atomic mass is 32.2. The van der Waals surface area contributed by atoms with E-state index in [1.54, 1.807) is 0 Å². The minimum absolute atomic E-state index is 0.000978. The molecule has 28 heavy (non-hydrogen) atoms. The molecule has 1 aromatic rings. The zero-order chi connectivity index (χ0) is 21.1. The number of ether oxygens (including phenoxy) is 1. The van der Waals surface area contributed by atoms with Crippen molar-refractivity contribution in [2.24, 2.45) is 0 Å². The Morgan fingerprint density at radius 3 is 2.50 bits per heavy atom. The summed E-state index contributed by atoms with van der Waals surface area (Å²) < 4.78 is 31.8. The Morgan fingerprint density at radius 1 is 1.36 bits per heavy atom. The van der Waals surface area contributed by atoms with Crippen LogP contribution in [0.1, 0.15) is 20.8 Å². The van der Waals surface area contributed by atoms with Gasteiger partial charge in [0.05, 0.1) is 17.5 Å². The summed E-state index contributed by atoms with van der Waals surface area (Å²) in [5, 5.41) is 21.3. The van der Waals surface area contributed by atoms with Gasteiger partial charge in [0.15, 0.2) is 0 Å². The predicted molar refractivity (Wildman–Crippen MR) is 98.9 cm³/mol. The van der Waals surface area contributed by atoms with Crippen molar-refractivity contribution in [1.29, 1.82) is 0 Å². The molecule has 0 spiro atoms. The molecule has 1 aliphatic heterocycles. The zero-order valence-corrected chi connectivity index (χ0v) is 16.5. The van der Waals surface area contributed by atoms with Crippen LogP contribution >= 0.6 is 0 Å². The van der Waals surface area contributed by atoms with Gasteiger partial charge in [-0.25, -0.2) is 8.42 Å². The molecule has 0 saturated carbocycles. The van der Waals surface area contributed by atoms with Crippen molar-refractivity contribution in [3.05, 3.63) is 24.3 Å². The third-order valence-electron chi connectivity index (χ3n) is 3.86. The summed E-state index contributed by atoms with van der Waals surface area (Å²) in [5.41, 5.74) is -1.14. The van der Waals surface area contributed by atoms with Crippen LogP contribution in [0.3, 0.4) is 0 Å². The highest BCUT2D eigenvalue weighted by Crippen LogP contribution is 2.24. The maximum absolute atomic E-state index is 12.9. The number of piperazine rings is 1. The van der Waals surface area contributed by atoms with E-state index in [0.29, 0.717) is 10.1 Å². The molecule has 1 aliphatic rings. The number of aliphatic hydroxyl groups is 1. The Hall–Kier alpha value is -2.61. The molecule has 0 aromatic heterocycles. The van der Waals surface area contributed by atoms with E-state index in [9.17, 15) is 28.2 Å². The van der Waals surface area contributed by atoms with E-state index >= 15 is 0 Å². The van der Waals surface area contributed by atoms with Crippen molar-refractivity contribution < 1.29 is 33.0 Å². The van der Waals surface area contributed by atoms with Gasteiger partial charge in [-0.3, -0.25) is 9.59 Å².